The molecule has 3 aromatic rings. The zero-order valence-electron chi connectivity index (χ0n) is 12.5. The zero-order chi connectivity index (χ0) is 15.3. The summed E-state index contributed by atoms with van der Waals surface area (Å²) in [6.07, 6.45) is 2.54. The van der Waals surface area contributed by atoms with Gasteiger partial charge in [0.15, 0.2) is 0 Å². The van der Waals surface area contributed by atoms with Crippen LogP contribution in [0.4, 0.5) is 5.82 Å². The average molecular weight is 314 g/mol. The highest BCUT2D eigenvalue weighted by molar-refractivity contribution is 6.30. The lowest BCUT2D eigenvalue weighted by Crippen LogP contribution is -2.26. The molecule has 6 heteroatoms. The Hall–Kier alpha value is -2.14. The zero-order valence-corrected chi connectivity index (χ0v) is 13.2. The summed E-state index contributed by atoms with van der Waals surface area (Å²) in [6.45, 7) is 5.19. The van der Waals surface area contributed by atoms with E-state index in [-0.39, 0.29) is 6.04 Å². The van der Waals surface area contributed by atoms with E-state index in [0.717, 1.165) is 29.5 Å². The lowest BCUT2D eigenvalue weighted by Gasteiger charge is -2.27. The first-order chi connectivity index (χ1) is 10.6. The molecule has 0 radical (unpaired) electrons. The summed E-state index contributed by atoms with van der Waals surface area (Å²) >= 11 is 6.14. The van der Waals surface area contributed by atoms with Gasteiger partial charge < -0.3 is 4.90 Å². The van der Waals surface area contributed by atoms with Crippen molar-refractivity contribution in [3.63, 3.8) is 0 Å². The molecule has 0 fully saturated rings. The van der Waals surface area contributed by atoms with E-state index >= 15 is 0 Å². The van der Waals surface area contributed by atoms with Crippen LogP contribution in [0.5, 0.6) is 0 Å². The summed E-state index contributed by atoms with van der Waals surface area (Å²) in [7, 11) is 0. The monoisotopic (exact) mass is 313 g/mol. The number of anilines is 1. The summed E-state index contributed by atoms with van der Waals surface area (Å²) in [6, 6.07) is 8.25. The maximum atomic E-state index is 6.14. The molecule has 1 aliphatic rings. The Morgan fingerprint density at radius 3 is 3.00 bits per heavy atom. The van der Waals surface area contributed by atoms with E-state index in [1.54, 1.807) is 6.33 Å². The topological polar surface area (TPSA) is 46.3 Å². The van der Waals surface area contributed by atoms with Crippen LogP contribution in [0, 0.1) is 6.92 Å². The van der Waals surface area contributed by atoms with Gasteiger partial charge in [-0.15, -0.1) is 0 Å². The van der Waals surface area contributed by atoms with E-state index in [4.69, 9.17) is 11.6 Å². The molecule has 22 heavy (non-hydrogen) atoms. The number of hydrogen-bond donors (Lipinski definition) is 0. The molecule has 5 nitrogen and oxygen atoms in total. The van der Waals surface area contributed by atoms with Gasteiger partial charge in [0.1, 0.15) is 12.1 Å². The third-order valence-electron chi connectivity index (χ3n) is 4.38. The van der Waals surface area contributed by atoms with Crippen molar-refractivity contribution >= 4 is 23.2 Å². The fraction of sp³-hybridized carbons (Fsp3) is 0.312. The molecule has 0 saturated heterocycles. The predicted molar refractivity (Wildman–Crippen MR) is 86.4 cm³/mol. The average Bonchev–Trinajstić information content (AvgIpc) is 3.12. The van der Waals surface area contributed by atoms with E-state index in [9.17, 15) is 0 Å². The molecule has 0 N–H and O–H groups in total. The van der Waals surface area contributed by atoms with Crippen LogP contribution in [0.1, 0.15) is 29.8 Å². The van der Waals surface area contributed by atoms with E-state index in [2.05, 4.69) is 33.0 Å². The molecule has 1 aromatic carbocycles. The van der Waals surface area contributed by atoms with Crippen LogP contribution in [0.15, 0.2) is 30.6 Å². The van der Waals surface area contributed by atoms with Crippen LogP contribution in [0.3, 0.4) is 0 Å². The number of hydrogen-bond acceptors (Lipinski definition) is 4. The Kier molecular flexibility index (Phi) is 3.04. The van der Waals surface area contributed by atoms with Gasteiger partial charge in [-0.3, -0.25) is 0 Å². The highest BCUT2D eigenvalue weighted by Gasteiger charge is 2.29. The highest BCUT2D eigenvalue weighted by atomic mass is 35.5. The van der Waals surface area contributed by atoms with E-state index < -0.39 is 0 Å². The maximum absolute atomic E-state index is 6.14. The number of fused-ring (bicyclic) bond motifs is 3. The van der Waals surface area contributed by atoms with E-state index in [1.807, 2.05) is 29.6 Å². The Morgan fingerprint density at radius 2 is 2.18 bits per heavy atom. The van der Waals surface area contributed by atoms with Gasteiger partial charge in [0.2, 0.25) is 0 Å². The molecule has 0 aliphatic carbocycles. The van der Waals surface area contributed by atoms with Gasteiger partial charge in [-0.05, 0) is 38.0 Å². The molecule has 0 bridgehead atoms. The standard InChI is InChI=1S/C16H16ClN5/c1-10-14-6-7-21(11(2)12-4-3-5-13(17)8-12)15(14)22-16(20-10)18-9-19-22/h3-5,8-9,11H,6-7H2,1-2H3/t11-/m0/s1. The van der Waals surface area contributed by atoms with Gasteiger partial charge >= 0.3 is 0 Å². The first-order valence-corrected chi connectivity index (χ1v) is 7.74. The normalized spacial score (nSPS) is 15.3. The van der Waals surface area contributed by atoms with E-state index in [1.165, 1.54) is 11.1 Å². The van der Waals surface area contributed by atoms with Gasteiger partial charge in [0, 0.05) is 22.8 Å². The quantitative estimate of drug-likeness (QED) is 0.729. The SMILES string of the molecule is Cc1nc2ncnn2c2c1CCN2[C@@H](C)c1cccc(Cl)c1. The molecule has 2 aromatic heterocycles. The fourth-order valence-electron chi connectivity index (χ4n) is 3.22. The van der Waals surface area contributed by atoms with Crippen molar-refractivity contribution in [2.24, 2.45) is 0 Å². The van der Waals surface area contributed by atoms with Crippen LogP contribution < -0.4 is 4.90 Å². The lowest BCUT2D eigenvalue weighted by molar-refractivity contribution is 0.678. The van der Waals surface area contributed by atoms with Gasteiger partial charge in [0.05, 0.1) is 6.04 Å². The number of benzene rings is 1. The number of rotatable bonds is 2. The Morgan fingerprint density at radius 1 is 1.32 bits per heavy atom. The molecule has 112 valence electrons. The van der Waals surface area contributed by atoms with Crippen LogP contribution in [0.25, 0.3) is 5.78 Å². The van der Waals surface area contributed by atoms with Crippen molar-refractivity contribution in [2.75, 3.05) is 11.4 Å². The highest BCUT2D eigenvalue weighted by Crippen LogP contribution is 2.36. The summed E-state index contributed by atoms with van der Waals surface area (Å²) in [5.74, 6) is 1.76. The molecule has 0 unspecified atom stereocenters. The third kappa shape index (κ3) is 1.96. The minimum atomic E-state index is 0.217. The Bertz CT molecular complexity index is 857. The number of aromatic nitrogens is 4. The molecule has 0 saturated carbocycles. The van der Waals surface area contributed by atoms with Crippen LogP contribution >= 0.6 is 11.6 Å². The lowest BCUT2D eigenvalue weighted by atomic mass is 10.1. The van der Waals surface area contributed by atoms with Gasteiger partial charge in [0.25, 0.3) is 5.78 Å². The third-order valence-corrected chi connectivity index (χ3v) is 4.61. The van der Waals surface area contributed by atoms with Crippen molar-refractivity contribution in [1.82, 2.24) is 19.6 Å². The van der Waals surface area contributed by atoms with Gasteiger partial charge in [-0.2, -0.15) is 14.6 Å². The number of nitrogens with zero attached hydrogens (tertiary/aromatic N) is 5. The van der Waals surface area contributed by atoms with Crippen LogP contribution in [-0.2, 0) is 6.42 Å². The van der Waals surface area contributed by atoms with Crippen molar-refractivity contribution in [3.05, 3.63) is 52.4 Å². The molecular weight excluding hydrogens is 298 g/mol. The summed E-state index contributed by atoms with van der Waals surface area (Å²) in [5.41, 5.74) is 3.49. The second kappa shape index (κ2) is 4.95. The number of aryl methyl sites for hydroxylation is 1. The molecule has 1 atom stereocenters. The predicted octanol–water partition coefficient (Wildman–Crippen LogP) is 3.21. The van der Waals surface area contributed by atoms with Crippen molar-refractivity contribution in [3.8, 4) is 0 Å². The Labute approximate surface area is 133 Å². The van der Waals surface area contributed by atoms with Crippen molar-refractivity contribution in [2.45, 2.75) is 26.3 Å². The molecular formula is C16H16ClN5. The van der Waals surface area contributed by atoms with Crippen molar-refractivity contribution in [1.29, 1.82) is 0 Å². The molecule has 0 spiro atoms. The molecule has 0 amide bonds. The summed E-state index contributed by atoms with van der Waals surface area (Å²) in [4.78, 5) is 11.1. The second-order valence-electron chi connectivity index (χ2n) is 5.65. The molecule has 3 heterocycles. The molecule has 4 rings (SSSR count). The maximum Gasteiger partial charge on any atom is 0.254 e. The minimum Gasteiger partial charge on any atom is -0.349 e. The smallest absolute Gasteiger partial charge is 0.254 e. The van der Waals surface area contributed by atoms with Gasteiger partial charge in [-0.1, -0.05) is 23.7 Å². The largest absolute Gasteiger partial charge is 0.349 e. The molecule has 1 aliphatic heterocycles. The number of halogens is 1. The minimum absolute atomic E-state index is 0.217. The summed E-state index contributed by atoms with van der Waals surface area (Å²) in [5, 5.41) is 5.12. The summed E-state index contributed by atoms with van der Waals surface area (Å²) < 4.78 is 1.84. The van der Waals surface area contributed by atoms with Crippen LogP contribution in [0.2, 0.25) is 5.02 Å². The van der Waals surface area contributed by atoms with Gasteiger partial charge in [-0.25, -0.2) is 4.98 Å². The second-order valence-corrected chi connectivity index (χ2v) is 6.08. The first kappa shape index (κ1) is 13.5. The Balaban J connectivity index is 1.84. The van der Waals surface area contributed by atoms with E-state index in [0.29, 0.717) is 5.78 Å². The van der Waals surface area contributed by atoms with Crippen molar-refractivity contribution < 1.29 is 0 Å². The fourth-order valence-corrected chi connectivity index (χ4v) is 3.42. The van der Waals surface area contributed by atoms with Crippen LogP contribution in [-0.4, -0.2) is 26.1 Å². The first-order valence-electron chi connectivity index (χ1n) is 7.36.